The number of primary amides is 1. The lowest BCUT2D eigenvalue weighted by atomic mass is 9.90. The lowest BCUT2D eigenvalue weighted by Gasteiger charge is -2.16. The van der Waals surface area contributed by atoms with E-state index < -0.39 is 5.91 Å². The van der Waals surface area contributed by atoms with E-state index in [1.54, 1.807) is 18.2 Å². The van der Waals surface area contributed by atoms with Gasteiger partial charge >= 0.3 is 0 Å². The second-order valence-corrected chi connectivity index (χ2v) is 7.49. The largest absolute Gasteiger partial charge is 0.366 e. The minimum Gasteiger partial charge on any atom is -0.366 e. The molecule has 0 unspecified atom stereocenters. The number of benzene rings is 2. The number of aromatic nitrogens is 1. The maximum atomic E-state index is 12.4. The summed E-state index contributed by atoms with van der Waals surface area (Å²) in [5.41, 5.74) is 10.7. The van der Waals surface area contributed by atoms with Crippen molar-refractivity contribution in [3.05, 3.63) is 70.1 Å². The number of hydrogen-bond acceptors (Lipinski definition) is 4. The molecule has 4 rings (SSSR count). The van der Waals surface area contributed by atoms with E-state index in [-0.39, 0.29) is 5.91 Å². The van der Waals surface area contributed by atoms with Gasteiger partial charge in [0.05, 0.1) is 5.69 Å². The van der Waals surface area contributed by atoms with Crippen LogP contribution >= 0.6 is 11.3 Å². The Balaban J connectivity index is 1.52. The summed E-state index contributed by atoms with van der Waals surface area (Å²) in [7, 11) is 0. The summed E-state index contributed by atoms with van der Waals surface area (Å²) in [6, 6.07) is 12.8. The van der Waals surface area contributed by atoms with Crippen molar-refractivity contribution in [2.24, 2.45) is 5.73 Å². The minimum absolute atomic E-state index is 0.302. The fraction of sp³-hybridized carbons (Fsp3) is 0.190. The van der Waals surface area contributed by atoms with Gasteiger partial charge in [-0.05, 0) is 61.1 Å². The van der Waals surface area contributed by atoms with Gasteiger partial charge in [-0.1, -0.05) is 18.2 Å². The number of nitrogens with two attached hydrogens (primary N) is 1. The van der Waals surface area contributed by atoms with Crippen LogP contribution in [-0.2, 0) is 12.8 Å². The van der Waals surface area contributed by atoms with Gasteiger partial charge in [0.1, 0.15) is 0 Å². The van der Waals surface area contributed by atoms with E-state index >= 15 is 0 Å². The molecule has 1 aliphatic carbocycles. The Kier molecular flexibility index (Phi) is 4.73. The summed E-state index contributed by atoms with van der Waals surface area (Å²) in [6.07, 6.45) is 4.76. The third kappa shape index (κ3) is 3.75. The number of anilines is 1. The fourth-order valence-corrected chi connectivity index (χ4v) is 4.05. The van der Waals surface area contributed by atoms with Crippen LogP contribution in [0.4, 0.5) is 5.13 Å². The first-order valence-corrected chi connectivity index (χ1v) is 9.77. The Morgan fingerprint density at radius 2 is 1.78 bits per heavy atom. The predicted octanol–water partition coefficient (Wildman–Crippen LogP) is 4.04. The molecule has 3 N–H and O–H groups in total. The van der Waals surface area contributed by atoms with Crippen molar-refractivity contribution in [1.82, 2.24) is 4.98 Å². The molecule has 0 aliphatic heterocycles. The number of amides is 2. The van der Waals surface area contributed by atoms with Gasteiger partial charge < -0.3 is 5.73 Å². The molecule has 0 saturated carbocycles. The van der Waals surface area contributed by atoms with Gasteiger partial charge in [-0.15, -0.1) is 11.3 Å². The molecular formula is C21H19N3O2S. The highest BCUT2D eigenvalue weighted by Crippen LogP contribution is 2.29. The molecule has 2 amide bonds. The number of fused-ring (bicyclic) bond motifs is 1. The highest BCUT2D eigenvalue weighted by atomic mass is 32.1. The van der Waals surface area contributed by atoms with Gasteiger partial charge in [-0.2, -0.15) is 0 Å². The zero-order valence-corrected chi connectivity index (χ0v) is 15.5. The molecule has 0 radical (unpaired) electrons. The molecule has 136 valence electrons. The van der Waals surface area contributed by atoms with Gasteiger partial charge in [0.2, 0.25) is 5.91 Å². The molecule has 0 fully saturated rings. The molecule has 6 heteroatoms. The summed E-state index contributed by atoms with van der Waals surface area (Å²) in [4.78, 5) is 28.3. The number of nitrogens with zero attached hydrogens (tertiary/aromatic N) is 1. The summed E-state index contributed by atoms with van der Waals surface area (Å²) >= 11 is 1.38. The second-order valence-electron chi connectivity index (χ2n) is 6.63. The second kappa shape index (κ2) is 7.32. The van der Waals surface area contributed by atoms with Crippen LogP contribution in [0.3, 0.4) is 0 Å². The van der Waals surface area contributed by atoms with Crippen LogP contribution in [0.15, 0.2) is 47.8 Å². The molecule has 1 aromatic heterocycles. The SMILES string of the molecule is NC(=O)c1cccc(C(=O)Nc2nc(-c3ccc4c(c3)CCCC4)cs2)c1. The Labute approximate surface area is 161 Å². The van der Waals surface area contributed by atoms with E-state index in [2.05, 4.69) is 28.5 Å². The Morgan fingerprint density at radius 3 is 2.59 bits per heavy atom. The van der Waals surface area contributed by atoms with Crippen molar-refractivity contribution in [3.63, 3.8) is 0 Å². The number of nitrogens with one attached hydrogen (secondary N) is 1. The van der Waals surface area contributed by atoms with Gasteiger partial charge in [-0.3, -0.25) is 14.9 Å². The number of carbonyl (C=O) groups excluding carboxylic acids is 2. The molecule has 3 aromatic rings. The lowest BCUT2D eigenvalue weighted by molar-refractivity contribution is 0.1000. The molecule has 0 bridgehead atoms. The van der Waals surface area contributed by atoms with Gasteiger partial charge in [0, 0.05) is 22.1 Å². The molecule has 1 heterocycles. The van der Waals surface area contributed by atoms with Crippen LogP contribution in [0.5, 0.6) is 0 Å². The van der Waals surface area contributed by atoms with Crippen LogP contribution in [0.1, 0.15) is 44.7 Å². The van der Waals surface area contributed by atoms with Crippen LogP contribution in [-0.4, -0.2) is 16.8 Å². The van der Waals surface area contributed by atoms with E-state index in [0.717, 1.165) is 24.1 Å². The quantitative estimate of drug-likeness (QED) is 0.719. The fourth-order valence-electron chi connectivity index (χ4n) is 3.34. The van der Waals surface area contributed by atoms with Crippen molar-refractivity contribution < 1.29 is 9.59 Å². The first-order chi connectivity index (χ1) is 13.1. The van der Waals surface area contributed by atoms with E-state index in [9.17, 15) is 9.59 Å². The summed E-state index contributed by atoms with van der Waals surface area (Å²) in [6.45, 7) is 0. The number of hydrogen-bond donors (Lipinski definition) is 2. The summed E-state index contributed by atoms with van der Waals surface area (Å²) in [5, 5.41) is 5.26. The summed E-state index contributed by atoms with van der Waals surface area (Å²) < 4.78 is 0. The van der Waals surface area contributed by atoms with Crippen LogP contribution in [0.2, 0.25) is 0 Å². The van der Waals surface area contributed by atoms with Crippen molar-refractivity contribution in [2.45, 2.75) is 25.7 Å². The number of aryl methyl sites for hydroxylation is 2. The van der Waals surface area contributed by atoms with Crippen LogP contribution in [0.25, 0.3) is 11.3 Å². The van der Waals surface area contributed by atoms with Gasteiger partial charge in [0.25, 0.3) is 5.91 Å². The van der Waals surface area contributed by atoms with Crippen molar-refractivity contribution in [1.29, 1.82) is 0 Å². The van der Waals surface area contributed by atoms with Crippen LogP contribution in [0, 0.1) is 0 Å². The van der Waals surface area contributed by atoms with Gasteiger partial charge in [-0.25, -0.2) is 4.98 Å². The van der Waals surface area contributed by atoms with E-state index in [0.29, 0.717) is 16.3 Å². The first kappa shape index (κ1) is 17.4. The zero-order valence-electron chi connectivity index (χ0n) is 14.7. The molecule has 2 aromatic carbocycles. The topological polar surface area (TPSA) is 85.1 Å². The Bertz CT molecular complexity index is 1030. The predicted molar refractivity (Wildman–Crippen MR) is 107 cm³/mol. The van der Waals surface area contributed by atoms with E-state index in [1.807, 2.05) is 5.38 Å². The molecule has 0 atom stereocenters. The van der Waals surface area contributed by atoms with E-state index in [1.165, 1.54) is 41.4 Å². The summed E-state index contributed by atoms with van der Waals surface area (Å²) in [5.74, 6) is -0.877. The number of rotatable bonds is 4. The van der Waals surface area contributed by atoms with Crippen molar-refractivity contribution in [3.8, 4) is 11.3 Å². The highest BCUT2D eigenvalue weighted by Gasteiger charge is 2.14. The smallest absolute Gasteiger partial charge is 0.257 e. The lowest BCUT2D eigenvalue weighted by Crippen LogP contribution is -2.15. The average Bonchev–Trinajstić information content (AvgIpc) is 3.16. The zero-order chi connectivity index (χ0) is 18.8. The van der Waals surface area contributed by atoms with Crippen molar-refractivity contribution >= 4 is 28.3 Å². The third-order valence-electron chi connectivity index (χ3n) is 4.78. The highest BCUT2D eigenvalue weighted by molar-refractivity contribution is 7.14. The molecule has 5 nitrogen and oxygen atoms in total. The van der Waals surface area contributed by atoms with E-state index in [4.69, 9.17) is 5.73 Å². The number of thiazole rings is 1. The monoisotopic (exact) mass is 377 g/mol. The molecule has 27 heavy (non-hydrogen) atoms. The minimum atomic E-state index is -0.561. The molecular weight excluding hydrogens is 358 g/mol. The maximum absolute atomic E-state index is 12.4. The number of carbonyl (C=O) groups is 2. The molecule has 1 aliphatic rings. The Morgan fingerprint density at radius 1 is 1.00 bits per heavy atom. The standard InChI is InChI=1S/C21H19N3O2S/c22-19(25)16-6-3-7-17(11-16)20(26)24-21-23-18(12-27-21)15-9-8-13-4-1-2-5-14(13)10-15/h3,6-12H,1-2,4-5H2,(H2,22,25)(H,23,24,26). The average molecular weight is 377 g/mol. The Hall–Kier alpha value is -2.99. The van der Waals surface area contributed by atoms with Crippen LogP contribution < -0.4 is 11.1 Å². The first-order valence-electron chi connectivity index (χ1n) is 8.89. The molecule has 0 spiro atoms. The van der Waals surface area contributed by atoms with Gasteiger partial charge in [0.15, 0.2) is 5.13 Å². The normalized spacial score (nSPS) is 13.0. The molecule has 0 saturated heterocycles. The van der Waals surface area contributed by atoms with Crippen molar-refractivity contribution in [2.75, 3.05) is 5.32 Å². The maximum Gasteiger partial charge on any atom is 0.257 e. The third-order valence-corrected chi connectivity index (χ3v) is 5.54.